The minimum absolute atomic E-state index is 0.157. The molecule has 4 heteroatoms. The Balaban J connectivity index is 1.35. The van der Waals surface area contributed by atoms with Crippen LogP contribution in [0.15, 0.2) is 78.9 Å². The summed E-state index contributed by atoms with van der Waals surface area (Å²) in [5.74, 6) is 0.420. The van der Waals surface area contributed by atoms with Gasteiger partial charge in [-0.05, 0) is 92.5 Å². The van der Waals surface area contributed by atoms with Gasteiger partial charge in [-0.25, -0.2) is 0 Å². The van der Waals surface area contributed by atoms with Gasteiger partial charge in [0.2, 0.25) is 0 Å². The molecule has 3 aromatic rings. The fourth-order valence-corrected chi connectivity index (χ4v) is 5.16. The SMILES string of the molecule is Cc1cc(C(O)CCCN2CCC(C(O)(c3ccccc3)c3ccccc3)CC2)ccc1O. The van der Waals surface area contributed by atoms with Crippen LogP contribution in [0, 0.1) is 12.8 Å². The number of aliphatic hydroxyl groups is 2. The third-order valence-corrected chi connectivity index (χ3v) is 7.16. The van der Waals surface area contributed by atoms with Crippen molar-refractivity contribution in [2.24, 2.45) is 5.92 Å². The van der Waals surface area contributed by atoms with E-state index in [1.54, 1.807) is 12.1 Å². The van der Waals surface area contributed by atoms with Gasteiger partial charge in [0.05, 0.1) is 6.10 Å². The number of piperidine rings is 1. The summed E-state index contributed by atoms with van der Waals surface area (Å²) in [6, 6.07) is 25.4. The number of aryl methyl sites for hydroxylation is 1. The van der Waals surface area contributed by atoms with Crippen LogP contribution in [-0.2, 0) is 5.60 Å². The molecule has 0 radical (unpaired) electrons. The van der Waals surface area contributed by atoms with Crippen LogP contribution in [0.1, 0.15) is 54.0 Å². The monoisotopic (exact) mass is 445 g/mol. The standard InChI is InChI=1S/C29H35NO3/c1-22-21-23(14-15-27(22)31)28(32)13-8-18-30-19-16-26(17-20-30)29(33,24-9-4-2-5-10-24)25-11-6-3-7-12-25/h2-7,9-12,14-15,21,26,28,31-33H,8,13,16-20H2,1H3. The normalized spacial score (nSPS) is 16.6. The van der Waals surface area contributed by atoms with Crippen LogP contribution in [0.5, 0.6) is 5.75 Å². The van der Waals surface area contributed by atoms with E-state index < -0.39 is 11.7 Å². The van der Waals surface area contributed by atoms with Gasteiger partial charge < -0.3 is 20.2 Å². The van der Waals surface area contributed by atoms with Crippen LogP contribution in [0.2, 0.25) is 0 Å². The van der Waals surface area contributed by atoms with E-state index in [9.17, 15) is 15.3 Å². The molecule has 0 amide bonds. The Kier molecular flexibility index (Phi) is 7.49. The Labute approximate surface area is 197 Å². The second-order valence-corrected chi connectivity index (χ2v) is 9.32. The lowest BCUT2D eigenvalue weighted by atomic mass is 9.72. The van der Waals surface area contributed by atoms with Crippen LogP contribution < -0.4 is 0 Å². The van der Waals surface area contributed by atoms with E-state index in [1.165, 1.54) is 0 Å². The highest BCUT2D eigenvalue weighted by atomic mass is 16.3. The largest absolute Gasteiger partial charge is 0.508 e. The van der Waals surface area contributed by atoms with E-state index in [-0.39, 0.29) is 11.7 Å². The molecular weight excluding hydrogens is 410 g/mol. The molecule has 4 nitrogen and oxygen atoms in total. The molecule has 1 atom stereocenters. The van der Waals surface area contributed by atoms with Crippen LogP contribution in [0.3, 0.4) is 0 Å². The quantitative estimate of drug-likeness (QED) is 0.448. The van der Waals surface area contributed by atoms with Crippen molar-refractivity contribution in [3.05, 3.63) is 101 Å². The molecule has 33 heavy (non-hydrogen) atoms. The van der Waals surface area contributed by atoms with Gasteiger partial charge in [0.15, 0.2) is 0 Å². The van der Waals surface area contributed by atoms with Gasteiger partial charge >= 0.3 is 0 Å². The maximum atomic E-state index is 12.0. The van der Waals surface area contributed by atoms with E-state index in [2.05, 4.69) is 4.90 Å². The number of phenols is 1. The van der Waals surface area contributed by atoms with E-state index >= 15 is 0 Å². The molecule has 1 aliphatic rings. The first-order chi connectivity index (χ1) is 16.0. The van der Waals surface area contributed by atoms with Gasteiger partial charge in [-0.15, -0.1) is 0 Å². The summed E-state index contributed by atoms with van der Waals surface area (Å²) in [5, 5.41) is 32.2. The third-order valence-electron chi connectivity index (χ3n) is 7.16. The summed E-state index contributed by atoms with van der Waals surface area (Å²) in [5.41, 5.74) is 2.59. The second kappa shape index (κ2) is 10.5. The van der Waals surface area contributed by atoms with Crippen molar-refractivity contribution < 1.29 is 15.3 Å². The lowest BCUT2D eigenvalue weighted by Gasteiger charge is -2.42. The number of hydrogen-bond donors (Lipinski definition) is 3. The highest BCUT2D eigenvalue weighted by Crippen LogP contribution is 2.42. The Morgan fingerprint density at radius 3 is 2.03 bits per heavy atom. The predicted octanol–water partition coefficient (Wildman–Crippen LogP) is 5.16. The summed E-state index contributed by atoms with van der Waals surface area (Å²) < 4.78 is 0. The zero-order valence-corrected chi connectivity index (χ0v) is 19.4. The number of benzene rings is 3. The molecule has 1 fully saturated rings. The molecule has 1 saturated heterocycles. The first-order valence-electron chi connectivity index (χ1n) is 12.0. The minimum Gasteiger partial charge on any atom is -0.508 e. The van der Waals surface area contributed by atoms with E-state index in [0.29, 0.717) is 6.42 Å². The van der Waals surface area contributed by atoms with Gasteiger partial charge in [0, 0.05) is 0 Å². The van der Waals surface area contributed by atoms with E-state index in [1.807, 2.05) is 73.7 Å². The first-order valence-corrected chi connectivity index (χ1v) is 12.0. The summed E-state index contributed by atoms with van der Waals surface area (Å²) >= 11 is 0. The molecule has 1 aliphatic heterocycles. The van der Waals surface area contributed by atoms with Crippen molar-refractivity contribution in [3.8, 4) is 5.75 Å². The number of aromatic hydroxyl groups is 1. The Bertz CT molecular complexity index is 974. The maximum Gasteiger partial charge on any atom is 0.118 e. The van der Waals surface area contributed by atoms with Crippen molar-refractivity contribution in [1.82, 2.24) is 4.90 Å². The van der Waals surface area contributed by atoms with Gasteiger partial charge in [0.25, 0.3) is 0 Å². The molecule has 1 unspecified atom stereocenters. The number of rotatable bonds is 8. The van der Waals surface area contributed by atoms with Gasteiger partial charge in [0.1, 0.15) is 11.4 Å². The molecule has 0 aromatic heterocycles. The first kappa shape index (κ1) is 23.5. The third kappa shape index (κ3) is 5.30. The zero-order valence-electron chi connectivity index (χ0n) is 19.4. The van der Waals surface area contributed by atoms with Gasteiger partial charge in [-0.1, -0.05) is 66.7 Å². The average Bonchev–Trinajstić information content (AvgIpc) is 2.86. The van der Waals surface area contributed by atoms with Crippen LogP contribution in [0.4, 0.5) is 0 Å². The number of aliphatic hydroxyl groups excluding tert-OH is 1. The smallest absolute Gasteiger partial charge is 0.118 e. The Morgan fingerprint density at radius 2 is 1.48 bits per heavy atom. The number of nitrogens with zero attached hydrogens (tertiary/aromatic N) is 1. The number of likely N-dealkylation sites (tertiary alicyclic amines) is 1. The summed E-state index contributed by atoms with van der Waals surface area (Å²) in [4.78, 5) is 2.45. The van der Waals surface area contributed by atoms with Crippen LogP contribution in [-0.4, -0.2) is 39.9 Å². The minimum atomic E-state index is -0.985. The lowest BCUT2D eigenvalue weighted by molar-refractivity contribution is -0.0146. The van der Waals surface area contributed by atoms with E-state index in [0.717, 1.165) is 61.2 Å². The molecule has 1 heterocycles. The maximum absolute atomic E-state index is 12.0. The van der Waals surface area contributed by atoms with Crippen molar-refractivity contribution in [3.63, 3.8) is 0 Å². The predicted molar refractivity (Wildman–Crippen MR) is 132 cm³/mol. The van der Waals surface area contributed by atoms with Crippen LogP contribution >= 0.6 is 0 Å². The highest BCUT2D eigenvalue weighted by Gasteiger charge is 2.41. The van der Waals surface area contributed by atoms with Crippen molar-refractivity contribution in [2.75, 3.05) is 19.6 Å². The van der Waals surface area contributed by atoms with Crippen LogP contribution in [0.25, 0.3) is 0 Å². The molecule has 0 bridgehead atoms. The molecule has 0 spiro atoms. The highest BCUT2D eigenvalue weighted by molar-refractivity contribution is 5.37. The Hall–Kier alpha value is -2.66. The molecule has 0 aliphatic carbocycles. The topological polar surface area (TPSA) is 63.9 Å². The molecule has 4 rings (SSSR count). The summed E-state index contributed by atoms with van der Waals surface area (Å²) in [6.45, 7) is 4.68. The summed E-state index contributed by atoms with van der Waals surface area (Å²) in [7, 11) is 0. The molecule has 174 valence electrons. The fourth-order valence-electron chi connectivity index (χ4n) is 5.16. The van der Waals surface area contributed by atoms with Crippen molar-refractivity contribution in [2.45, 2.75) is 44.3 Å². The van der Waals surface area contributed by atoms with E-state index in [4.69, 9.17) is 0 Å². The number of hydrogen-bond acceptors (Lipinski definition) is 4. The molecule has 0 saturated carbocycles. The molecule has 3 aromatic carbocycles. The average molecular weight is 446 g/mol. The number of phenolic OH excluding ortho intramolecular Hbond substituents is 1. The molecule has 3 N–H and O–H groups in total. The fraction of sp³-hybridized carbons (Fsp3) is 0.379. The Morgan fingerprint density at radius 1 is 0.909 bits per heavy atom. The van der Waals surface area contributed by atoms with Crippen molar-refractivity contribution in [1.29, 1.82) is 0 Å². The molecular formula is C29H35NO3. The van der Waals surface area contributed by atoms with Gasteiger partial charge in [-0.2, -0.15) is 0 Å². The lowest BCUT2D eigenvalue weighted by Crippen LogP contribution is -2.44. The van der Waals surface area contributed by atoms with Gasteiger partial charge in [-0.3, -0.25) is 0 Å². The zero-order chi connectivity index (χ0) is 23.3. The second-order valence-electron chi connectivity index (χ2n) is 9.32. The summed E-state index contributed by atoms with van der Waals surface area (Å²) in [6.07, 6.45) is 2.96. The van der Waals surface area contributed by atoms with Crippen molar-refractivity contribution >= 4 is 0 Å².